The van der Waals surface area contributed by atoms with Gasteiger partial charge in [-0.15, -0.1) is 0 Å². The first kappa shape index (κ1) is 16.8. The summed E-state index contributed by atoms with van der Waals surface area (Å²) in [5, 5.41) is 10.9. The van der Waals surface area contributed by atoms with Crippen molar-refractivity contribution in [3.8, 4) is 17.0 Å². The van der Waals surface area contributed by atoms with Crippen molar-refractivity contribution in [3.05, 3.63) is 107 Å². The highest BCUT2D eigenvalue weighted by atomic mass is 16.3. The van der Waals surface area contributed by atoms with E-state index in [1.807, 2.05) is 91.0 Å². The van der Waals surface area contributed by atoms with E-state index in [9.17, 15) is 9.90 Å². The Morgan fingerprint density at radius 3 is 2.30 bits per heavy atom. The van der Waals surface area contributed by atoms with Gasteiger partial charge in [-0.25, -0.2) is 4.79 Å². The Labute approximate surface area is 156 Å². The maximum Gasteiger partial charge on any atom is 0.354 e. The van der Waals surface area contributed by atoms with Crippen LogP contribution in [0.2, 0.25) is 0 Å². The molecule has 0 radical (unpaired) electrons. The molecule has 0 fully saturated rings. The van der Waals surface area contributed by atoms with Crippen molar-refractivity contribution in [2.75, 3.05) is 0 Å². The molecule has 0 saturated carbocycles. The maximum absolute atomic E-state index is 13.0. The minimum absolute atomic E-state index is 0.0323. The monoisotopic (exact) mass is 355 g/mol. The van der Waals surface area contributed by atoms with Crippen LogP contribution in [0, 0.1) is 0 Å². The topological polar surface area (TPSA) is 45.6 Å². The second kappa shape index (κ2) is 7.30. The molecule has 0 bridgehead atoms. The number of hydrogen-bond acceptors (Lipinski definition) is 2. The first-order chi connectivity index (χ1) is 13.3. The molecular weight excluding hydrogens is 336 g/mol. The van der Waals surface area contributed by atoms with Gasteiger partial charge in [-0.3, -0.25) is 0 Å². The Kier molecular flexibility index (Phi) is 4.54. The second-order valence-corrected chi connectivity index (χ2v) is 6.22. The Morgan fingerprint density at radius 1 is 0.889 bits per heavy atom. The Morgan fingerprint density at radius 2 is 1.56 bits per heavy atom. The van der Waals surface area contributed by atoms with Crippen molar-refractivity contribution in [1.29, 1.82) is 0 Å². The summed E-state index contributed by atoms with van der Waals surface area (Å²) in [6, 6.07) is 24.7. The lowest BCUT2D eigenvalue weighted by Crippen LogP contribution is -2.40. The lowest BCUT2D eigenvalue weighted by Gasteiger charge is -2.08. The van der Waals surface area contributed by atoms with Crippen molar-refractivity contribution in [3.63, 3.8) is 0 Å². The normalized spacial score (nSPS) is 11.3. The highest BCUT2D eigenvalue weighted by Gasteiger charge is 2.23. The fourth-order valence-electron chi connectivity index (χ4n) is 3.18. The second-order valence-electron chi connectivity index (χ2n) is 6.22. The molecule has 0 atom stereocenters. The molecule has 4 nitrogen and oxygen atoms in total. The molecule has 0 saturated heterocycles. The summed E-state index contributed by atoms with van der Waals surface area (Å²) in [5.74, 6) is -0.0323. The molecule has 4 rings (SSSR count). The zero-order valence-electron chi connectivity index (χ0n) is 14.7. The number of aromatic hydroxyl groups is 1. The highest BCUT2D eigenvalue weighted by Crippen LogP contribution is 2.22. The number of pyridine rings is 1. The van der Waals surface area contributed by atoms with Gasteiger partial charge in [-0.05, 0) is 23.3 Å². The predicted octanol–water partition coefficient (Wildman–Crippen LogP) is 3.67. The van der Waals surface area contributed by atoms with Gasteiger partial charge in [-0.2, -0.15) is 8.97 Å². The van der Waals surface area contributed by atoms with E-state index < -0.39 is 0 Å². The molecule has 4 aromatic rings. The number of fused-ring (bicyclic) bond motifs is 1. The molecule has 2 aromatic carbocycles. The molecule has 27 heavy (non-hydrogen) atoms. The van der Waals surface area contributed by atoms with Crippen molar-refractivity contribution < 1.29 is 9.67 Å². The van der Waals surface area contributed by atoms with Gasteiger partial charge in [0.1, 0.15) is 6.54 Å². The van der Waals surface area contributed by atoms with Gasteiger partial charge in [0.15, 0.2) is 5.56 Å². The van der Waals surface area contributed by atoms with Crippen LogP contribution in [0.15, 0.2) is 95.9 Å². The Bertz CT molecular complexity index is 1160. The summed E-state index contributed by atoms with van der Waals surface area (Å²) < 4.78 is 3.31. The number of nitrogens with zero attached hydrogens (tertiary/aromatic N) is 2. The zero-order valence-corrected chi connectivity index (χ0v) is 14.7. The molecular formula is C23H19N2O2+. The van der Waals surface area contributed by atoms with Crippen LogP contribution in [0.4, 0.5) is 0 Å². The van der Waals surface area contributed by atoms with E-state index in [4.69, 9.17) is 0 Å². The molecule has 0 aliphatic carbocycles. The number of allylic oxidation sites excluding steroid dienone is 1. The standard InChI is InChI=1S/C23H18N2O2/c26-22-21(19-13-5-2-6-14-19)23(27)25(20-15-7-8-16-24(20)22)17-9-12-18-10-3-1-4-11-18/h1-16H,17H2/p+1. The van der Waals surface area contributed by atoms with E-state index in [2.05, 4.69) is 0 Å². The maximum atomic E-state index is 13.0. The van der Waals surface area contributed by atoms with Gasteiger partial charge in [0, 0.05) is 6.07 Å². The van der Waals surface area contributed by atoms with Gasteiger partial charge in [0.25, 0.3) is 11.5 Å². The minimum Gasteiger partial charge on any atom is -0.477 e. The first-order valence-electron chi connectivity index (χ1n) is 8.79. The van der Waals surface area contributed by atoms with Crippen molar-refractivity contribution in [2.45, 2.75) is 6.54 Å². The summed E-state index contributed by atoms with van der Waals surface area (Å²) in [7, 11) is 0. The smallest absolute Gasteiger partial charge is 0.354 e. The van der Waals surface area contributed by atoms with Gasteiger partial charge >= 0.3 is 5.56 Å². The van der Waals surface area contributed by atoms with Crippen LogP contribution >= 0.6 is 0 Å². The van der Waals surface area contributed by atoms with Gasteiger partial charge in [0.2, 0.25) is 0 Å². The first-order valence-corrected chi connectivity index (χ1v) is 8.79. The van der Waals surface area contributed by atoms with E-state index in [0.29, 0.717) is 23.3 Å². The quantitative estimate of drug-likeness (QED) is 0.568. The average Bonchev–Trinajstić information content (AvgIpc) is 2.72. The van der Waals surface area contributed by atoms with E-state index in [1.165, 1.54) is 0 Å². The average molecular weight is 355 g/mol. The third-order valence-electron chi connectivity index (χ3n) is 4.49. The summed E-state index contributed by atoms with van der Waals surface area (Å²) in [5.41, 5.74) is 2.47. The molecule has 0 amide bonds. The lowest BCUT2D eigenvalue weighted by molar-refractivity contribution is -0.670. The summed E-state index contributed by atoms with van der Waals surface area (Å²) in [6.07, 6.45) is 5.70. The fraction of sp³-hybridized carbons (Fsp3) is 0.0435. The molecule has 0 unspecified atom stereocenters. The third kappa shape index (κ3) is 3.25. The summed E-state index contributed by atoms with van der Waals surface area (Å²) in [6.45, 7) is 0.439. The van der Waals surface area contributed by atoms with Crippen molar-refractivity contribution >= 4 is 11.7 Å². The molecule has 2 aromatic heterocycles. The Hall–Kier alpha value is -3.66. The van der Waals surface area contributed by atoms with E-state index in [1.54, 1.807) is 15.2 Å². The van der Waals surface area contributed by atoms with Crippen LogP contribution in [-0.4, -0.2) is 9.51 Å². The van der Waals surface area contributed by atoms with Crippen LogP contribution in [0.5, 0.6) is 5.88 Å². The fourth-order valence-corrected chi connectivity index (χ4v) is 3.18. The SMILES string of the molecule is O=c1c(-c2ccccc2)c(O)[n+](CC=Cc2ccccc2)c2ccccn12. The molecule has 132 valence electrons. The van der Waals surface area contributed by atoms with Gasteiger partial charge in [0.05, 0.1) is 6.20 Å². The van der Waals surface area contributed by atoms with Crippen LogP contribution in [0.25, 0.3) is 22.9 Å². The largest absolute Gasteiger partial charge is 0.477 e. The van der Waals surface area contributed by atoms with Crippen LogP contribution in [0.1, 0.15) is 5.56 Å². The Balaban J connectivity index is 1.86. The number of benzene rings is 2. The van der Waals surface area contributed by atoms with Crippen molar-refractivity contribution in [2.24, 2.45) is 0 Å². The number of hydrogen-bond donors (Lipinski definition) is 1. The minimum atomic E-state index is -0.238. The van der Waals surface area contributed by atoms with E-state index in [0.717, 1.165) is 5.56 Å². The van der Waals surface area contributed by atoms with E-state index >= 15 is 0 Å². The third-order valence-corrected chi connectivity index (χ3v) is 4.49. The molecule has 4 heteroatoms. The molecule has 0 aliphatic heterocycles. The lowest BCUT2D eigenvalue weighted by atomic mass is 10.1. The van der Waals surface area contributed by atoms with Crippen molar-refractivity contribution in [1.82, 2.24) is 4.40 Å². The van der Waals surface area contributed by atoms with E-state index in [-0.39, 0.29) is 11.4 Å². The predicted molar refractivity (Wildman–Crippen MR) is 106 cm³/mol. The molecule has 0 aliphatic rings. The zero-order chi connectivity index (χ0) is 18.6. The molecule has 0 spiro atoms. The van der Waals surface area contributed by atoms with Gasteiger partial charge in [-0.1, -0.05) is 72.8 Å². The van der Waals surface area contributed by atoms with Crippen LogP contribution in [-0.2, 0) is 6.54 Å². The summed E-state index contributed by atoms with van der Waals surface area (Å²) >= 11 is 0. The van der Waals surface area contributed by atoms with Gasteiger partial charge < -0.3 is 5.11 Å². The van der Waals surface area contributed by atoms with Crippen LogP contribution < -0.4 is 10.1 Å². The highest BCUT2D eigenvalue weighted by molar-refractivity contribution is 5.67. The summed E-state index contributed by atoms with van der Waals surface area (Å²) in [4.78, 5) is 13.0. The number of aromatic nitrogens is 2. The van der Waals surface area contributed by atoms with Crippen LogP contribution in [0.3, 0.4) is 0 Å². The molecule has 1 N–H and O–H groups in total. The molecule has 2 heterocycles. The number of rotatable bonds is 4.